The number of benzene rings is 1. The number of amides is 1. The molecule has 9 nitrogen and oxygen atoms in total. The van der Waals surface area contributed by atoms with E-state index in [-0.39, 0.29) is 18.1 Å². The molecule has 0 aliphatic carbocycles. The van der Waals surface area contributed by atoms with E-state index in [4.69, 9.17) is 4.74 Å². The number of carbonyl (C=O) groups is 1. The molecule has 2 rings (SSSR count). The van der Waals surface area contributed by atoms with Crippen molar-refractivity contribution in [3.05, 3.63) is 39.9 Å². The molecule has 1 amide bonds. The van der Waals surface area contributed by atoms with Crippen molar-refractivity contribution in [1.82, 2.24) is 15.1 Å². The molecule has 0 spiro atoms. The number of hydrogen-bond donors (Lipinski definition) is 1. The normalized spacial score (nSPS) is 16.5. The fourth-order valence-electron chi connectivity index (χ4n) is 3.13. The fourth-order valence-corrected chi connectivity index (χ4v) is 3.13. The van der Waals surface area contributed by atoms with Crippen molar-refractivity contribution in [3.63, 3.8) is 0 Å². The third-order valence-corrected chi connectivity index (χ3v) is 4.98. The van der Waals surface area contributed by atoms with Crippen LogP contribution in [0.2, 0.25) is 0 Å². The summed E-state index contributed by atoms with van der Waals surface area (Å²) in [7, 11) is 1.84. The first-order valence-corrected chi connectivity index (χ1v) is 10.0. The molecule has 0 saturated carbocycles. The lowest BCUT2D eigenvalue weighted by Crippen LogP contribution is -2.46. The molecule has 1 aliphatic rings. The molecule has 0 radical (unpaired) electrons. The van der Waals surface area contributed by atoms with E-state index in [1.165, 1.54) is 12.1 Å². The molecule has 1 atom stereocenters. The third kappa shape index (κ3) is 7.01. The number of ether oxygens (including phenoxy) is 1. The highest BCUT2D eigenvalue weighted by molar-refractivity contribution is 5.86. The van der Waals surface area contributed by atoms with Crippen LogP contribution in [-0.4, -0.2) is 73.0 Å². The number of carbonyl (C=O) groups excluding carboxylic acids is 1. The van der Waals surface area contributed by atoms with Gasteiger partial charge in [0.2, 0.25) is 5.91 Å². The van der Waals surface area contributed by atoms with Gasteiger partial charge in [-0.2, -0.15) is 0 Å². The minimum Gasteiger partial charge on any atom is -0.381 e. The monoisotopic (exact) mass is 405 g/mol. The average molecular weight is 405 g/mol. The average Bonchev–Trinajstić information content (AvgIpc) is 3.22. The van der Waals surface area contributed by atoms with Crippen molar-refractivity contribution in [2.75, 3.05) is 46.4 Å². The largest absolute Gasteiger partial charge is 0.381 e. The van der Waals surface area contributed by atoms with Crippen LogP contribution in [0.25, 0.3) is 0 Å². The van der Waals surface area contributed by atoms with Crippen molar-refractivity contribution < 1.29 is 14.5 Å². The van der Waals surface area contributed by atoms with Gasteiger partial charge in [0.15, 0.2) is 5.96 Å². The Balaban J connectivity index is 2.06. The van der Waals surface area contributed by atoms with Gasteiger partial charge in [-0.15, -0.1) is 0 Å². The molecule has 1 aliphatic heterocycles. The van der Waals surface area contributed by atoms with E-state index >= 15 is 0 Å². The summed E-state index contributed by atoms with van der Waals surface area (Å²) in [6, 6.07) is 6.35. The second kappa shape index (κ2) is 11.4. The summed E-state index contributed by atoms with van der Waals surface area (Å²) in [5.41, 5.74) is 0.918. The zero-order valence-corrected chi connectivity index (χ0v) is 17.5. The number of guanidine groups is 1. The number of hydrogen-bond acceptors (Lipinski definition) is 5. The zero-order valence-electron chi connectivity index (χ0n) is 17.5. The molecule has 1 unspecified atom stereocenters. The van der Waals surface area contributed by atoms with E-state index < -0.39 is 4.92 Å². The van der Waals surface area contributed by atoms with E-state index in [9.17, 15) is 14.9 Å². The second-order valence-corrected chi connectivity index (χ2v) is 7.10. The summed E-state index contributed by atoms with van der Waals surface area (Å²) in [6.07, 6.45) is 1.00. The maximum atomic E-state index is 12.5. The summed E-state index contributed by atoms with van der Waals surface area (Å²) in [5, 5.41) is 14.2. The van der Waals surface area contributed by atoms with Crippen molar-refractivity contribution in [1.29, 1.82) is 0 Å². The van der Waals surface area contributed by atoms with Gasteiger partial charge in [0.25, 0.3) is 5.69 Å². The van der Waals surface area contributed by atoms with E-state index in [1.807, 2.05) is 25.8 Å². The highest BCUT2D eigenvalue weighted by atomic mass is 16.6. The van der Waals surface area contributed by atoms with Crippen molar-refractivity contribution >= 4 is 17.6 Å². The number of nitrogens with zero attached hydrogens (tertiary/aromatic N) is 4. The molecule has 1 heterocycles. The van der Waals surface area contributed by atoms with Crippen LogP contribution in [0.4, 0.5) is 5.69 Å². The van der Waals surface area contributed by atoms with E-state index in [0.29, 0.717) is 31.5 Å². The quantitative estimate of drug-likeness (QED) is 0.291. The Bertz CT molecular complexity index is 697. The summed E-state index contributed by atoms with van der Waals surface area (Å²) < 4.78 is 5.43. The summed E-state index contributed by atoms with van der Waals surface area (Å²) >= 11 is 0. The van der Waals surface area contributed by atoms with Crippen LogP contribution in [-0.2, 0) is 16.1 Å². The molecule has 160 valence electrons. The van der Waals surface area contributed by atoms with Gasteiger partial charge in [-0.1, -0.05) is 12.1 Å². The van der Waals surface area contributed by atoms with E-state index in [1.54, 1.807) is 17.0 Å². The van der Waals surface area contributed by atoms with Crippen molar-refractivity contribution in [3.8, 4) is 0 Å². The van der Waals surface area contributed by atoms with Crippen LogP contribution < -0.4 is 5.32 Å². The zero-order chi connectivity index (χ0) is 21.2. The lowest BCUT2D eigenvalue weighted by molar-refractivity contribution is -0.384. The number of nitro groups is 1. The molecule has 0 aromatic heterocycles. The van der Waals surface area contributed by atoms with Crippen LogP contribution in [0.1, 0.15) is 25.8 Å². The first-order valence-electron chi connectivity index (χ1n) is 10.0. The van der Waals surface area contributed by atoms with Gasteiger partial charge in [-0.05, 0) is 25.8 Å². The van der Waals surface area contributed by atoms with E-state index in [2.05, 4.69) is 10.3 Å². The minimum atomic E-state index is -0.420. The third-order valence-electron chi connectivity index (χ3n) is 4.98. The van der Waals surface area contributed by atoms with Crippen LogP contribution in [0.5, 0.6) is 0 Å². The molecule has 0 bridgehead atoms. The van der Waals surface area contributed by atoms with Crippen molar-refractivity contribution in [2.24, 2.45) is 10.9 Å². The smallest absolute Gasteiger partial charge is 0.269 e. The first kappa shape index (κ1) is 22.6. The van der Waals surface area contributed by atoms with Gasteiger partial charge < -0.3 is 19.9 Å². The van der Waals surface area contributed by atoms with Gasteiger partial charge in [0, 0.05) is 51.3 Å². The minimum absolute atomic E-state index is 0.0477. The second-order valence-electron chi connectivity index (χ2n) is 7.10. The van der Waals surface area contributed by atoms with Crippen molar-refractivity contribution in [2.45, 2.75) is 26.8 Å². The molecular formula is C20H31N5O4. The number of nitrogens with one attached hydrogen (secondary N) is 1. The Morgan fingerprint density at radius 3 is 2.55 bits per heavy atom. The Labute approximate surface area is 171 Å². The van der Waals surface area contributed by atoms with Gasteiger partial charge in [-0.3, -0.25) is 14.9 Å². The molecule has 1 aromatic carbocycles. The van der Waals surface area contributed by atoms with Gasteiger partial charge >= 0.3 is 0 Å². The van der Waals surface area contributed by atoms with Crippen LogP contribution >= 0.6 is 0 Å². The van der Waals surface area contributed by atoms with Gasteiger partial charge in [0.1, 0.15) is 0 Å². The van der Waals surface area contributed by atoms with E-state index in [0.717, 1.165) is 31.7 Å². The predicted octanol–water partition coefficient (Wildman–Crippen LogP) is 1.88. The SMILES string of the molecule is CCN(CC)C(=O)CN(C)C(=NCc1ccc([N+](=O)[O-])cc1)NCC1CCOC1. The van der Waals surface area contributed by atoms with Crippen LogP contribution in [0, 0.1) is 16.0 Å². The Morgan fingerprint density at radius 1 is 1.31 bits per heavy atom. The molecule has 1 fully saturated rings. The number of aliphatic imine (C=N–C) groups is 1. The summed E-state index contributed by atoms with van der Waals surface area (Å²) in [4.78, 5) is 31.1. The number of likely N-dealkylation sites (N-methyl/N-ethyl adjacent to an activating group) is 2. The standard InChI is InChI=1S/C20H31N5O4/c1-4-24(5-2)19(26)14-23(3)20(22-13-17-10-11-29-15-17)21-12-16-6-8-18(9-7-16)25(27)28/h6-9,17H,4-5,10-15H2,1-3H3,(H,21,22). The molecule has 29 heavy (non-hydrogen) atoms. The highest BCUT2D eigenvalue weighted by Crippen LogP contribution is 2.13. The molecule has 9 heteroatoms. The molecule has 1 N–H and O–H groups in total. The Kier molecular flexibility index (Phi) is 8.85. The predicted molar refractivity (Wildman–Crippen MR) is 112 cm³/mol. The highest BCUT2D eigenvalue weighted by Gasteiger charge is 2.19. The summed E-state index contributed by atoms with van der Waals surface area (Å²) in [5.74, 6) is 1.11. The Morgan fingerprint density at radius 2 is 2.00 bits per heavy atom. The maximum absolute atomic E-state index is 12.5. The number of rotatable bonds is 9. The number of nitro benzene ring substituents is 1. The summed E-state index contributed by atoms with van der Waals surface area (Å²) in [6.45, 7) is 8.09. The fraction of sp³-hybridized carbons (Fsp3) is 0.600. The lowest BCUT2D eigenvalue weighted by atomic mass is 10.1. The maximum Gasteiger partial charge on any atom is 0.269 e. The van der Waals surface area contributed by atoms with Gasteiger partial charge in [0.05, 0.1) is 24.6 Å². The van der Waals surface area contributed by atoms with Crippen LogP contribution in [0.15, 0.2) is 29.3 Å². The van der Waals surface area contributed by atoms with Gasteiger partial charge in [-0.25, -0.2) is 4.99 Å². The number of non-ortho nitro benzene ring substituents is 1. The topological polar surface area (TPSA) is 100 Å². The first-order chi connectivity index (χ1) is 13.9. The lowest BCUT2D eigenvalue weighted by Gasteiger charge is -2.26. The van der Waals surface area contributed by atoms with Crippen LogP contribution in [0.3, 0.4) is 0 Å². The Hall–Kier alpha value is -2.68. The molecular weight excluding hydrogens is 374 g/mol. The molecule has 1 aromatic rings. The molecule has 1 saturated heterocycles.